The quantitative estimate of drug-likeness (QED) is 0.799. The van der Waals surface area contributed by atoms with Crippen LogP contribution in [0.3, 0.4) is 0 Å². The smallest absolute Gasteiger partial charge is 0.119 e. The molecule has 0 unspecified atom stereocenters. The summed E-state index contributed by atoms with van der Waals surface area (Å²) in [6.07, 6.45) is 3.62. The van der Waals surface area contributed by atoms with E-state index in [4.69, 9.17) is 9.47 Å². The molecule has 0 fully saturated rings. The van der Waals surface area contributed by atoms with Gasteiger partial charge in [0.1, 0.15) is 12.4 Å². The maximum atomic E-state index is 5.64. The number of ether oxygens (including phenoxy) is 2. The van der Waals surface area contributed by atoms with Crippen LogP contribution >= 0.6 is 0 Å². The summed E-state index contributed by atoms with van der Waals surface area (Å²) in [5.74, 6) is 0.908. The molecule has 0 radical (unpaired) electrons. The van der Waals surface area contributed by atoms with Crippen LogP contribution in [0.5, 0.6) is 5.75 Å². The highest BCUT2D eigenvalue weighted by atomic mass is 16.5. The molecule has 104 valence electrons. The zero-order chi connectivity index (χ0) is 13.5. The van der Waals surface area contributed by atoms with Gasteiger partial charge in [-0.1, -0.05) is 18.2 Å². The third-order valence-electron chi connectivity index (χ3n) is 3.09. The molecule has 3 nitrogen and oxygen atoms in total. The second-order valence-corrected chi connectivity index (χ2v) is 4.98. The van der Waals surface area contributed by atoms with Crippen molar-refractivity contribution in [2.75, 3.05) is 26.3 Å². The Labute approximate surface area is 115 Å². The van der Waals surface area contributed by atoms with Gasteiger partial charge >= 0.3 is 0 Å². The van der Waals surface area contributed by atoms with Crippen molar-refractivity contribution in [2.24, 2.45) is 0 Å². The molecule has 1 N–H and O–H groups in total. The molecule has 0 saturated carbocycles. The summed E-state index contributed by atoms with van der Waals surface area (Å²) >= 11 is 0. The van der Waals surface area contributed by atoms with Gasteiger partial charge in [-0.2, -0.15) is 0 Å². The number of benzene rings is 1. The van der Waals surface area contributed by atoms with Gasteiger partial charge in [0.25, 0.3) is 0 Å². The minimum absolute atomic E-state index is 0.262. The lowest BCUT2D eigenvalue weighted by Gasteiger charge is -2.15. The Bertz CT molecular complexity index is 409. The molecule has 1 heterocycles. The first kappa shape index (κ1) is 14.1. The van der Waals surface area contributed by atoms with Gasteiger partial charge in [0.15, 0.2) is 0 Å². The van der Waals surface area contributed by atoms with Gasteiger partial charge in [-0.05, 0) is 50.1 Å². The van der Waals surface area contributed by atoms with E-state index in [9.17, 15) is 0 Å². The Kier molecular flexibility index (Phi) is 5.43. The molecule has 1 aliphatic rings. The number of hydrogen-bond donors (Lipinski definition) is 1. The predicted molar refractivity (Wildman–Crippen MR) is 78.5 cm³/mol. The average molecular weight is 261 g/mol. The highest BCUT2D eigenvalue weighted by Gasteiger charge is 2.05. The Morgan fingerprint density at radius 2 is 1.95 bits per heavy atom. The van der Waals surface area contributed by atoms with Crippen molar-refractivity contribution in [1.82, 2.24) is 5.32 Å². The molecule has 0 aliphatic carbocycles. The lowest BCUT2D eigenvalue weighted by Crippen LogP contribution is -2.19. The van der Waals surface area contributed by atoms with Crippen molar-refractivity contribution in [2.45, 2.75) is 26.4 Å². The highest BCUT2D eigenvalue weighted by molar-refractivity contribution is 5.67. The average Bonchev–Trinajstić information content (AvgIpc) is 2.45. The first-order valence-corrected chi connectivity index (χ1v) is 7.00. The van der Waals surface area contributed by atoms with Crippen molar-refractivity contribution >= 4 is 5.57 Å². The summed E-state index contributed by atoms with van der Waals surface area (Å²) in [6, 6.07) is 8.34. The molecule has 0 saturated heterocycles. The van der Waals surface area contributed by atoms with Crippen molar-refractivity contribution in [1.29, 1.82) is 0 Å². The van der Waals surface area contributed by atoms with Crippen LogP contribution in [0, 0.1) is 0 Å². The molecule has 0 atom stereocenters. The third kappa shape index (κ3) is 4.69. The molecular weight excluding hydrogens is 238 g/mol. The van der Waals surface area contributed by atoms with E-state index >= 15 is 0 Å². The van der Waals surface area contributed by atoms with Crippen molar-refractivity contribution < 1.29 is 9.47 Å². The topological polar surface area (TPSA) is 30.5 Å². The lowest BCUT2D eigenvalue weighted by molar-refractivity contribution is 0.0553. The van der Waals surface area contributed by atoms with Gasteiger partial charge in [-0.25, -0.2) is 0 Å². The number of hydrogen-bond acceptors (Lipinski definition) is 3. The second-order valence-electron chi connectivity index (χ2n) is 4.98. The largest absolute Gasteiger partial charge is 0.491 e. The van der Waals surface area contributed by atoms with Crippen LogP contribution in [0.1, 0.15) is 25.8 Å². The molecule has 1 aliphatic heterocycles. The minimum atomic E-state index is 0.262. The molecule has 0 amide bonds. The van der Waals surface area contributed by atoms with Crippen molar-refractivity contribution in [3.05, 3.63) is 35.9 Å². The summed E-state index contributed by atoms with van der Waals surface area (Å²) < 4.78 is 11.1. The maximum Gasteiger partial charge on any atom is 0.119 e. The molecule has 0 aromatic heterocycles. The standard InChI is InChI=1S/C16H23NO2/c1-13(2)18-11-12-19-16-5-3-14(4-6-16)15-7-9-17-10-8-15/h3-7,13,17H,8-12H2,1-2H3. The molecule has 0 bridgehead atoms. The van der Waals surface area contributed by atoms with E-state index in [0.29, 0.717) is 13.2 Å². The van der Waals surface area contributed by atoms with Crippen LogP contribution < -0.4 is 10.1 Å². The normalized spacial score (nSPS) is 15.4. The molecule has 3 heteroatoms. The van der Waals surface area contributed by atoms with Crippen LogP contribution in [-0.4, -0.2) is 32.4 Å². The summed E-state index contributed by atoms with van der Waals surface area (Å²) in [5.41, 5.74) is 2.72. The minimum Gasteiger partial charge on any atom is -0.491 e. The first-order chi connectivity index (χ1) is 9.25. The van der Waals surface area contributed by atoms with Crippen molar-refractivity contribution in [3.63, 3.8) is 0 Å². The Hall–Kier alpha value is -1.32. The zero-order valence-corrected chi connectivity index (χ0v) is 11.8. The summed E-state index contributed by atoms with van der Waals surface area (Å²) in [5, 5.41) is 3.32. The van der Waals surface area contributed by atoms with E-state index in [1.807, 2.05) is 26.0 Å². The van der Waals surface area contributed by atoms with Gasteiger partial charge < -0.3 is 14.8 Å². The third-order valence-corrected chi connectivity index (χ3v) is 3.09. The van der Waals surface area contributed by atoms with Gasteiger partial charge in [0.2, 0.25) is 0 Å². The summed E-state index contributed by atoms with van der Waals surface area (Å²) in [7, 11) is 0. The van der Waals surface area contributed by atoms with Gasteiger partial charge in [0.05, 0.1) is 12.7 Å². The van der Waals surface area contributed by atoms with Crippen LogP contribution in [0.25, 0.3) is 5.57 Å². The van der Waals surface area contributed by atoms with E-state index < -0.39 is 0 Å². The van der Waals surface area contributed by atoms with Gasteiger partial charge in [-0.3, -0.25) is 0 Å². The van der Waals surface area contributed by atoms with E-state index in [1.165, 1.54) is 11.1 Å². The van der Waals surface area contributed by atoms with Crippen molar-refractivity contribution in [3.8, 4) is 5.75 Å². The van der Waals surface area contributed by atoms with E-state index in [-0.39, 0.29) is 6.10 Å². The number of rotatable bonds is 6. The Morgan fingerprint density at radius 1 is 1.16 bits per heavy atom. The van der Waals surface area contributed by atoms with Gasteiger partial charge in [0, 0.05) is 6.54 Å². The van der Waals surface area contributed by atoms with E-state index in [2.05, 4.69) is 23.5 Å². The predicted octanol–water partition coefficient (Wildman–Crippen LogP) is 2.87. The molecular formula is C16H23NO2. The van der Waals surface area contributed by atoms with Crippen LogP contribution in [0.15, 0.2) is 30.3 Å². The Morgan fingerprint density at radius 3 is 2.58 bits per heavy atom. The van der Waals surface area contributed by atoms with E-state index in [0.717, 1.165) is 25.3 Å². The monoisotopic (exact) mass is 261 g/mol. The van der Waals surface area contributed by atoms with E-state index in [1.54, 1.807) is 0 Å². The van der Waals surface area contributed by atoms with Crippen LogP contribution in [0.2, 0.25) is 0 Å². The lowest BCUT2D eigenvalue weighted by atomic mass is 10.0. The summed E-state index contributed by atoms with van der Waals surface area (Å²) in [6.45, 7) is 7.33. The molecule has 0 spiro atoms. The first-order valence-electron chi connectivity index (χ1n) is 7.00. The fourth-order valence-electron chi connectivity index (χ4n) is 2.09. The maximum absolute atomic E-state index is 5.64. The fourth-order valence-corrected chi connectivity index (χ4v) is 2.09. The highest BCUT2D eigenvalue weighted by Crippen LogP contribution is 2.22. The molecule has 1 aromatic carbocycles. The molecule has 2 rings (SSSR count). The number of nitrogens with one attached hydrogen (secondary N) is 1. The Balaban J connectivity index is 1.82. The molecule has 19 heavy (non-hydrogen) atoms. The van der Waals surface area contributed by atoms with Gasteiger partial charge in [-0.15, -0.1) is 0 Å². The molecule has 1 aromatic rings. The fraction of sp³-hybridized carbons (Fsp3) is 0.500. The van der Waals surface area contributed by atoms with Crippen LogP contribution in [-0.2, 0) is 4.74 Å². The zero-order valence-electron chi connectivity index (χ0n) is 11.8. The van der Waals surface area contributed by atoms with Crippen LogP contribution in [0.4, 0.5) is 0 Å². The second kappa shape index (κ2) is 7.31. The summed E-state index contributed by atoms with van der Waals surface area (Å²) in [4.78, 5) is 0. The SMILES string of the molecule is CC(C)OCCOc1ccc(C2=CCNCC2)cc1.